The molecule has 1 unspecified atom stereocenters. The van der Waals surface area contributed by atoms with Crippen molar-refractivity contribution in [3.05, 3.63) is 59.7 Å². The van der Waals surface area contributed by atoms with Crippen molar-refractivity contribution in [3.8, 4) is 0 Å². The molecule has 2 aromatic carbocycles. The maximum absolute atomic E-state index is 12.2. The van der Waals surface area contributed by atoms with Gasteiger partial charge in [0, 0.05) is 22.8 Å². The highest BCUT2D eigenvalue weighted by atomic mass is 35.5. The summed E-state index contributed by atoms with van der Waals surface area (Å²) in [6.07, 6.45) is 2.14. The van der Waals surface area contributed by atoms with Crippen LogP contribution in [-0.2, 0) is 11.2 Å². The maximum atomic E-state index is 12.2. The number of nitrogens with one attached hydrogen (secondary N) is 1. The van der Waals surface area contributed by atoms with Gasteiger partial charge in [-0.3, -0.25) is 4.79 Å². The molecule has 1 aliphatic rings. The van der Waals surface area contributed by atoms with Gasteiger partial charge >= 0.3 is 0 Å². The molecule has 5 heteroatoms. The predicted molar refractivity (Wildman–Crippen MR) is 99.1 cm³/mol. The largest absolute Gasteiger partial charge is 0.399 e. The van der Waals surface area contributed by atoms with Crippen molar-refractivity contribution in [2.45, 2.75) is 30.2 Å². The lowest BCUT2D eigenvalue weighted by molar-refractivity contribution is -0.121. The summed E-state index contributed by atoms with van der Waals surface area (Å²) in [5.74, 6) is 1.14. The van der Waals surface area contributed by atoms with Crippen LogP contribution in [0.25, 0.3) is 0 Å². The molecule has 3 nitrogen and oxygen atoms in total. The number of fused-ring (bicyclic) bond motifs is 1. The van der Waals surface area contributed by atoms with E-state index in [-0.39, 0.29) is 24.4 Å². The number of halogens is 1. The van der Waals surface area contributed by atoms with Crippen LogP contribution in [0.3, 0.4) is 0 Å². The molecule has 0 spiro atoms. The van der Waals surface area contributed by atoms with Crippen LogP contribution in [0, 0.1) is 0 Å². The number of hydrogen-bond donors (Lipinski definition) is 2. The minimum absolute atomic E-state index is 0. The summed E-state index contributed by atoms with van der Waals surface area (Å²) in [6, 6.07) is 16.2. The Morgan fingerprint density at radius 1 is 1.17 bits per heavy atom. The first-order valence-corrected chi connectivity index (χ1v) is 8.57. The van der Waals surface area contributed by atoms with E-state index in [0.29, 0.717) is 12.8 Å². The second kappa shape index (κ2) is 8.27. The lowest BCUT2D eigenvalue weighted by atomic mass is 10.0. The lowest BCUT2D eigenvalue weighted by Crippen LogP contribution is -2.30. The third kappa shape index (κ3) is 4.43. The Labute approximate surface area is 147 Å². The fraction of sp³-hybridized carbons (Fsp3) is 0.278. The average molecular weight is 349 g/mol. The summed E-state index contributed by atoms with van der Waals surface area (Å²) in [5.41, 5.74) is 8.96. The van der Waals surface area contributed by atoms with Crippen molar-refractivity contribution in [2.75, 3.05) is 11.5 Å². The van der Waals surface area contributed by atoms with Crippen molar-refractivity contribution in [1.29, 1.82) is 0 Å². The molecule has 1 amide bonds. The molecule has 1 aliphatic heterocycles. The van der Waals surface area contributed by atoms with Crippen molar-refractivity contribution < 1.29 is 4.79 Å². The molecule has 23 heavy (non-hydrogen) atoms. The zero-order valence-corrected chi connectivity index (χ0v) is 14.5. The van der Waals surface area contributed by atoms with Crippen LogP contribution < -0.4 is 11.1 Å². The van der Waals surface area contributed by atoms with Crippen LogP contribution in [0.1, 0.15) is 30.0 Å². The van der Waals surface area contributed by atoms with Gasteiger partial charge in [-0.25, -0.2) is 0 Å². The minimum Gasteiger partial charge on any atom is -0.399 e. The first-order valence-electron chi connectivity index (χ1n) is 7.58. The lowest BCUT2D eigenvalue weighted by Gasteiger charge is -2.25. The standard InChI is InChI=1S/C18H20N2OS.ClH/c19-15-7-3-1-5-13(15)9-10-18(21)20-16-11-12-22-17-8-4-2-6-14(16)17;/h1-8,16H,9-12,19H2,(H,20,21);1H. The number of nitrogen functional groups attached to an aromatic ring is 1. The molecule has 2 aromatic rings. The number of para-hydroxylation sites is 1. The van der Waals surface area contributed by atoms with Crippen molar-refractivity contribution in [3.63, 3.8) is 0 Å². The van der Waals surface area contributed by atoms with Gasteiger partial charge in [-0.2, -0.15) is 0 Å². The monoisotopic (exact) mass is 348 g/mol. The first kappa shape index (κ1) is 17.7. The molecule has 0 aliphatic carbocycles. The van der Waals surface area contributed by atoms with Gasteiger partial charge in [-0.05, 0) is 36.1 Å². The number of thioether (sulfide) groups is 1. The summed E-state index contributed by atoms with van der Waals surface area (Å²) in [5, 5.41) is 3.17. The molecule has 0 aromatic heterocycles. The summed E-state index contributed by atoms with van der Waals surface area (Å²) in [7, 11) is 0. The molecule has 0 bridgehead atoms. The maximum Gasteiger partial charge on any atom is 0.220 e. The van der Waals surface area contributed by atoms with Gasteiger partial charge in [0.1, 0.15) is 0 Å². The van der Waals surface area contributed by atoms with E-state index in [1.54, 1.807) is 0 Å². The zero-order valence-electron chi connectivity index (χ0n) is 12.8. The van der Waals surface area contributed by atoms with E-state index in [0.717, 1.165) is 23.4 Å². The van der Waals surface area contributed by atoms with E-state index in [9.17, 15) is 4.79 Å². The molecule has 0 fully saturated rings. The molecular formula is C18H21ClN2OS. The highest BCUT2D eigenvalue weighted by Gasteiger charge is 2.21. The first-order chi connectivity index (χ1) is 10.7. The van der Waals surface area contributed by atoms with E-state index in [1.165, 1.54) is 10.5 Å². The fourth-order valence-corrected chi connectivity index (χ4v) is 3.89. The van der Waals surface area contributed by atoms with Gasteiger partial charge in [0.15, 0.2) is 0 Å². The Morgan fingerprint density at radius 2 is 1.91 bits per heavy atom. The Kier molecular flexibility index (Phi) is 6.37. The van der Waals surface area contributed by atoms with E-state index in [2.05, 4.69) is 17.4 Å². The highest BCUT2D eigenvalue weighted by Crippen LogP contribution is 2.35. The number of nitrogens with two attached hydrogens (primary N) is 1. The second-order valence-electron chi connectivity index (χ2n) is 5.49. The van der Waals surface area contributed by atoms with E-state index in [4.69, 9.17) is 5.73 Å². The van der Waals surface area contributed by atoms with Crippen molar-refractivity contribution >= 4 is 35.8 Å². The van der Waals surface area contributed by atoms with E-state index < -0.39 is 0 Å². The summed E-state index contributed by atoms with van der Waals surface area (Å²) in [4.78, 5) is 13.5. The van der Waals surface area contributed by atoms with Crippen LogP contribution in [0.4, 0.5) is 5.69 Å². The Balaban J connectivity index is 0.00000192. The number of benzene rings is 2. The van der Waals surface area contributed by atoms with Gasteiger partial charge in [0.25, 0.3) is 0 Å². The van der Waals surface area contributed by atoms with Crippen LogP contribution in [0.15, 0.2) is 53.4 Å². The molecule has 122 valence electrons. The topological polar surface area (TPSA) is 55.1 Å². The van der Waals surface area contributed by atoms with Gasteiger partial charge in [-0.1, -0.05) is 36.4 Å². The molecule has 0 saturated heterocycles. The SMILES string of the molecule is Cl.Nc1ccccc1CCC(=O)NC1CCSc2ccccc21. The Hall–Kier alpha value is -1.65. The third-order valence-electron chi connectivity index (χ3n) is 3.97. The number of aryl methyl sites for hydroxylation is 1. The molecule has 3 N–H and O–H groups in total. The normalized spacial score (nSPS) is 16.1. The number of carbonyl (C=O) groups excluding carboxylic acids is 1. The molecule has 0 radical (unpaired) electrons. The van der Waals surface area contributed by atoms with Crippen molar-refractivity contribution in [1.82, 2.24) is 5.32 Å². The summed E-state index contributed by atoms with van der Waals surface area (Å²) < 4.78 is 0. The quantitative estimate of drug-likeness (QED) is 0.822. The molecule has 1 heterocycles. The third-order valence-corrected chi connectivity index (χ3v) is 5.09. The number of hydrogen-bond acceptors (Lipinski definition) is 3. The van der Waals surface area contributed by atoms with Crippen LogP contribution in [0.2, 0.25) is 0 Å². The molecule has 0 saturated carbocycles. The van der Waals surface area contributed by atoms with Crippen LogP contribution in [-0.4, -0.2) is 11.7 Å². The smallest absolute Gasteiger partial charge is 0.220 e. The average Bonchev–Trinajstić information content (AvgIpc) is 2.54. The van der Waals surface area contributed by atoms with Crippen molar-refractivity contribution in [2.24, 2.45) is 0 Å². The fourth-order valence-electron chi connectivity index (χ4n) is 2.77. The Bertz CT molecular complexity index is 678. The summed E-state index contributed by atoms with van der Waals surface area (Å²) in [6.45, 7) is 0. The van der Waals surface area contributed by atoms with Crippen LogP contribution >= 0.6 is 24.2 Å². The number of rotatable bonds is 4. The Morgan fingerprint density at radius 3 is 2.74 bits per heavy atom. The van der Waals surface area contributed by atoms with E-state index >= 15 is 0 Å². The predicted octanol–water partition coefficient (Wildman–Crippen LogP) is 3.98. The highest BCUT2D eigenvalue weighted by molar-refractivity contribution is 7.99. The van der Waals surface area contributed by atoms with Gasteiger partial charge in [0.05, 0.1) is 6.04 Å². The van der Waals surface area contributed by atoms with Gasteiger partial charge in [0.2, 0.25) is 5.91 Å². The minimum atomic E-state index is 0. The molecule has 1 atom stereocenters. The van der Waals surface area contributed by atoms with Gasteiger partial charge in [-0.15, -0.1) is 24.2 Å². The zero-order chi connectivity index (χ0) is 15.4. The second-order valence-corrected chi connectivity index (χ2v) is 6.63. The number of carbonyl (C=O) groups is 1. The summed E-state index contributed by atoms with van der Waals surface area (Å²) >= 11 is 1.86. The van der Waals surface area contributed by atoms with E-state index in [1.807, 2.05) is 48.2 Å². The molecular weight excluding hydrogens is 328 g/mol. The molecule has 3 rings (SSSR count). The number of anilines is 1. The number of amides is 1. The van der Waals surface area contributed by atoms with Gasteiger partial charge < -0.3 is 11.1 Å². The van der Waals surface area contributed by atoms with Crippen LogP contribution in [0.5, 0.6) is 0 Å².